The van der Waals surface area contributed by atoms with E-state index in [1.54, 1.807) is 0 Å². The number of alkyl halides is 8. The van der Waals surface area contributed by atoms with Gasteiger partial charge in [-0.05, 0) is 44.9 Å². The monoisotopic (exact) mass is 584 g/mol. The van der Waals surface area contributed by atoms with Crippen LogP contribution >= 0.6 is 0 Å². The van der Waals surface area contributed by atoms with Gasteiger partial charge in [-0.3, -0.25) is 18.8 Å². The Hall–Kier alpha value is -2.23. The van der Waals surface area contributed by atoms with Crippen molar-refractivity contribution < 1.29 is 35.1 Å². The lowest BCUT2D eigenvalue weighted by Crippen LogP contribution is -2.62. The molecular formula is C25H32F8N6O. The second kappa shape index (κ2) is 9.95. The largest absolute Gasteiger partial charge is 0.418 e. The molecule has 0 bridgehead atoms. The molecule has 0 radical (unpaired) electrons. The molecule has 4 heterocycles. The number of hydrazine groups is 1. The average Bonchev–Trinajstić information content (AvgIpc) is 3.55. The lowest BCUT2D eigenvalue weighted by atomic mass is 9.73. The van der Waals surface area contributed by atoms with Crippen LogP contribution in [0.4, 0.5) is 35.1 Å². The smallest absolute Gasteiger partial charge is 0.295 e. The van der Waals surface area contributed by atoms with Crippen molar-refractivity contribution in [2.45, 2.75) is 81.5 Å². The predicted octanol–water partition coefficient (Wildman–Crippen LogP) is 4.38. The van der Waals surface area contributed by atoms with Crippen molar-refractivity contribution >= 4 is 5.52 Å². The van der Waals surface area contributed by atoms with E-state index in [0.29, 0.717) is 12.8 Å². The van der Waals surface area contributed by atoms with Crippen molar-refractivity contribution in [2.75, 3.05) is 26.8 Å². The van der Waals surface area contributed by atoms with Crippen LogP contribution < -0.4 is 16.5 Å². The van der Waals surface area contributed by atoms with Crippen LogP contribution in [0.5, 0.6) is 0 Å². The summed E-state index contributed by atoms with van der Waals surface area (Å²) in [6.07, 6.45) is -4.06. The van der Waals surface area contributed by atoms with Gasteiger partial charge in [0.1, 0.15) is 6.17 Å². The van der Waals surface area contributed by atoms with Gasteiger partial charge in [0.05, 0.1) is 24.3 Å². The molecule has 4 atom stereocenters. The SMILES string of the molecule is CN1CNNC1C(F)(F)[C@@](C)(F)C1CCCC(n2cc3c(C(F)(F)F)cc(CN4CCC(F)(F)C4)cn3c2=O)C1. The van der Waals surface area contributed by atoms with E-state index in [4.69, 9.17) is 0 Å². The van der Waals surface area contributed by atoms with Crippen molar-refractivity contribution in [3.05, 3.63) is 40.1 Å². The van der Waals surface area contributed by atoms with Crippen LogP contribution in [0.25, 0.3) is 5.52 Å². The van der Waals surface area contributed by atoms with Gasteiger partial charge >= 0.3 is 17.8 Å². The number of fused-ring (bicyclic) bond motifs is 1. The molecular weight excluding hydrogens is 552 g/mol. The molecule has 0 aromatic carbocycles. The number of nitrogens with one attached hydrogen (secondary N) is 2. The van der Waals surface area contributed by atoms with Crippen LogP contribution in [0.2, 0.25) is 0 Å². The predicted molar refractivity (Wildman–Crippen MR) is 130 cm³/mol. The topological polar surface area (TPSA) is 56.9 Å². The highest BCUT2D eigenvalue weighted by Gasteiger charge is 2.62. The summed E-state index contributed by atoms with van der Waals surface area (Å²) in [7, 11) is 1.42. The number of likely N-dealkylation sites (tertiary alicyclic amines) is 1. The van der Waals surface area contributed by atoms with Gasteiger partial charge < -0.3 is 0 Å². The first kappa shape index (κ1) is 29.3. The van der Waals surface area contributed by atoms with E-state index < -0.39 is 71.6 Å². The molecule has 3 fully saturated rings. The summed E-state index contributed by atoms with van der Waals surface area (Å²) < 4.78 is 118. The number of imidazole rings is 1. The van der Waals surface area contributed by atoms with E-state index in [0.717, 1.165) is 28.2 Å². The molecule has 1 aliphatic carbocycles. The summed E-state index contributed by atoms with van der Waals surface area (Å²) in [5.41, 5.74) is -0.360. The van der Waals surface area contributed by atoms with Gasteiger partial charge in [0.15, 0.2) is 5.67 Å². The first-order valence-corrected chi connectivity index (χ1v) is 13.2. The number of pyridine rings is 1. The van der Waals surface area contributed by atoms with E-state index in [-0.39, 0.29) is 38.2 Å². The zero-order chi connectivity index (χ0) is 29.3. The molecule has 2 saturated heterocycles. The van der Waals surface area contributed by atoms with E-state index in [2.05, 4.69) is 10.9 Å². The van der Waals surface area contributed by atoms with E-state index in [1.807, 2.05) is 0 Å². The third-order valence-electron chi connectivity index (χ3n) is 8.62. The molecule has 15 heteroatoms. The second-order valence-electron chi connectivity index (χ2n) is 11.5. The first-order chi connectivity index (χ1) is 18.5. The highest BCUT2D eigenvalue weighted by Crippen LogP contribution is 2.49. The molecule has 224 valence electrons. The molecule has 7 nitrogen and oxygen atoms in total. The maximum atomic E-state index is 16.0. The lowest BCUT2D eigenvalue weighted by Gasteiger charge is -2.43. The zero-order valence-electron chi connectivity index (χ0n) is 22.0. The van der Waals surface area contributed by atoms with Gasteiger partial charge in [-0.2, -0.15) is 22.0 Å². The number of nitrogens with zero attached hydrogens (tertiary/aromatic N) is 4. The fraction of sp³-hybridized carbons (Fsp3) is 0.720. The molecule has 2 N–H and O–H groups in total. The summed E-state index contributed by atoms with van der Waals surface area (Å²) in [4.78, 5) is 15.9. The van der Waals surface area contributed by atoms with Crippen LogP contribution in [-0.4, -0.2) is 69.3 Å². The van der Waals surface area contributed by atoms with E-state index >= 15 is 13.2 Å². The van der Waals surface area contributed by atoms with Gasteiger partial charge in [-0.1, -0.05) is 6.42 Å². The van der Waals surface area contributed by atoms with Gasteiger partial charge in [0, 0.05) is 43.9 Å². The minimum atomic E-state index is -4.85. The van der Waals surface area contributed by atoms with E-state index in [1.165, 1.54) is 23.0 Å². The summed E-state index contributed by atoms with van der Waals surface area (Å²) >= 11 is 0. The Morgan fingerprint density at radius 1 is 1.10 bits per heavy atom. The Balaban J connectivity index is 1.46. The molecule has 1 saturated carbocycles. The van der Waals surface area contributed by atoms with E-state index in [9.17, 15) is 26.7 Å². The summed E-state index contributed by atoms with van der Waals surface area (Å²) in [6.45, 7) is 0.121. The number of hydrogen-bond acceptors (Lipinski definition) is 5. The number of aromatic nitrogens is 2. The Morgan fingerprint density at radius 2 is 1.82 bits per heavy atom. The fourth-order valence-corrected chi connectivity index (χ4v) is 6.32. The molecule has 2 aromatic heterocycles. The van der Waals surface area contributed by atoms with Crippen molar-refractivity contribution in [3.63, 3.8) is 0 Å². The zero-order valence-corrected chi connectivity index (χ0v) is 22.0. The second-order valence-corrected chi connectivity index (χ2v) is 11.5. The third kappa shape index (κ3) is 5.13. The van der Waals surface area contributed by atoms with Crippen LogP contribution in [0, 0.1) is 5.92 Å². The van der Waals surface area contributed by atoms with Crippen molar-refractivity contribution in [2.24, 2.45) is 5.92 Å². The first-order valence-electron chi connectivity index (χ1n) is 13.2. The average molecular weight is 585 g/mol. The minimum Gasteiger partial charge on any atom is -0.295 e. The maximum Gasteiger partial charge on any atom is 0.418 e. The molecule has 2 aliphatic heterocycles. The summed E-state index contributed by atoms with van der Waals surface area (Å²) in [6, 6.07) is 0.0450. The fourth-order valence-electron chi connectivity index (χ4n) is 6.32. The Morgan fingerprint density at radius 3 is 2.42 bits per heavy atom. The Kier molecular flexibility index (Phi) is 7.28. The van der Waals surface area contributed by atoms with Gasteiger partial charge in [0.2, 0.25) is 0 Å². The quantitative estimate of drug-likeness (QED) is 0.494. The van der Waals surface area contributed by atoms with Gasteiger partial charge in [0.25, 0.3) is 5.92 Å². The summed E-state index contributed by atoms with van der Waals surface area (Å²) in [5, 5.41) is 0. The minimum absolute atomic E-state index is 0.000620. The highest BCUT2D eigenvalue weighted by molar-refractivity contribution is 5.56. The Bertz CT molecular complexity index is 1300. The van der Waals surface area contributed by atoms with Gasteiger partial charge in [-0.15, -0.1) is 0 Å². The lowest BCUT2D eigenvalue weighted by molar-refractivity contribution is -0.198. The summed E-state index contributed by atoms with van der Waals surface area (Å²) in [5.74, 6) is -7.92. The molecule has 5 rings (SSSR count). The van der Waals surface area contributed by atoms with Crippen LogP contribution in [0.3, 0.4) is 0 Å². The highest BCUT2D eigenvalue weighted by atomic mass is 19.4. The van der Waals surface area contributed by atoms with Crippen molar-refractivity contribution in [1.29, 1.82) is 0 Å². The van der Waals surface area contributed by atoms with Crippen LogP contribution in [-0.2, 0) is 12.7 Å². The molecule has 3 aliphatic rings. The molecule has 3 unspecified atom stereocenters. The molecule has 2 aromatic rings. The maximum absolute atomic E-state index is 16.0. The number of halogens is 8. The number of rotatable bonds is 6. The van der Waals surface area contributed by atoms with Crippen molar-refractivity contribution in [3.8, 4) is 0 Å². The standard InChI is InChI=1S/C25H32F8N6O/c1-22(26,24(29,30)20-35-34-14-36(20)2)16-4-3-5-17(9-16)38-12-19-18(25(31,32)33)8-15(11-39(19)21(38)40)10-37-7-6-23(27,28)13-37/h8,11-12,16-17,20,34-35H,3-7,9-10,13-14H2,1-2H3/t16?,17?,20?,22-/m0/s1. The van der Waals surface area contributed by atoms with Crippen molar-refractivity contribution in [1.82, 2.24) is 29.6 Å². The van der Waals surface area contributed by atoms with Crippen LogP contribution in [0.15, 0.2) is 23.3 Å². The molecule has 40 heavy (non-hydrogen) atoms. The van der Waals surface area contributed by atoms with Gasteiger partial charge in [-0.25, -0.2) is 28.8 Å². The normalized spacial score (nSPS) is 28.4. The molecule has 0 spiro atoms. The third-order valence-corrected chi connectivity index (χ3v) is 8.62. The number of hydrogen-bond donors (Lipinski definition) is 2. The Labute approximate surface area is 225 Å². The molecule has 0 amide bonds. The van der Waals surface area contributed by atoms with Crippen LogP contribution in [0.1, 0.15) is 56.2 Å².